The number of amides is 1. The van der Waals surface area contributed by atoms with Crippen LogP contribution in [-0.4, -0.2) is 23.8 Å². The summed E-state index contributed by atoms with van der Waals surface area (Å²) >= 11 is 0. The van der Waals surface area contributed by atoms with Crippen LogP contribution in [0.3, 0.4) is 0 Å². The summed E-state index contributed by atoms with van der Waals surface area (Å²) in [6.07, 6.45) is 3.64. The predicted molar refractivity (Wildman–Crippen MR) is 93.6 cm³/mol. The highest BCUT2D eigenvalue weighted by Crippen LogP contribution is 2.29. The van der Waals surface area contributed by atoms with E-state index in [1.807, 2.05) is 6.92 Å². The molecule has 4 nitrogen and oxygen atoms in total. The largest absolute Gasteiger partial charge is 0.325 e. The Morgan fingerprint density at radius 1 is 1.13 bits per heavy atom. The van der Waals surface area contributed by atoms with Gasteiger partial charge in [0.2, 0.25) is 5.91 Å². The van der Waals surface area contributed by atoms with E-state index in [4.69, 9.17) is 0 Å². The third kappa shape index (κ3) is 4.64. The number of ketones is 1. The van der Waals surface area contributed by atoms with Gasteiger partial charge in [-0.1, -0.05) is 26.7 Å². The van der Waals surface area contributed by atoms with Crippen molar-refractivity contribution in [2.24, 2.45) is 11.8 Å². The molecule has 0 unspecified atom stereocenters. The maximum Gasteiger partial charge on any atom is 0.241 e. The normalized spacial score (nSPS) is 25.7. The molecule has 0 radical (unpaired) electrons. The lowest BCUT2D eigenvalue weighted by molar-refractivity contribution is -0.118. The van der Waals surface area contributed by atoms with Crippen LogP contribution in [0.1, 0.15) is 57.3 Å². The molecule has 1 saturated carbocycles. The first kappa shape index (κ1) is 17.7. The van der Waals surface area contributed by atoms with Crippen LogP contribution in [0.25, 0.3) is 0 Å². The van der Waals surface area contributed by atoms with Gasteiger partial charge in [0, 0.05) is 17.3 Å². The van der Waals surface area contributed by atoms with E-state index in [1.165, 1.54) is 19.8 Å². The third-order valence-electron chi connectivity index (χ3n) is 5.12. The molecule has 0 saturated heterocycles. The summed E-state index contributed by atoms with van der Waals surface area (Å²) in [6, 6.07) is 7.18. The summed E-state index contributed by atoms with van der Waals surface area (Å²) in [5.41, 5.74) is 1.37. The van der Waals surface area contributed by atoms with E-state index in [0.29, 0.717) is 23.4 Å². The van der Waals surface area contributed by atoms with E-state index in [1.54, 1.807) is 24.3 Å². The highest BCUT2D eigenvalue weighted by molar-refractivity contribution is 5.96. The zero-order chi connectivity index (χ0) is 17.0. The van der Waals surface area contributed by atoms with Crippen molar-refractivity contribution in [3.05, 3.63) is 29.8 Å². The van der Waals surface area contributed by atoms with Gasteiger partial charge in [0.25, 0.3) is 0 Å². The van der Waals surface area contributed by atoms with E-state index in [0.717, 1.165) is 12.1 Å². The lowest BCUT2D eigenvalue weighted by Gasteiger charge is -2.36. The molecule has 4 atom stereocenters. The van der Waals surface area contributed by atoms with Crippen molar-refractivity contribution in [2.45, 2.75) is 59.0 Å². The topological polar surface area (TPSA) is 58.2 Å². The summed E-state index contributed by atoms with van der Waals surface area (Å²) in [5, 5.41) is 6.39. The summed E-state index contributed by atoms with van der Waals surface area (Å²) in [5.74, 6) is 1.29. The van der Waals surface area contributed by atoms with Gasteiger partial charge in [0.15, 0.2) is 5.78 Å². The summed E-state index contributed by atoms with van der Waals surface area (Å²) in [7, 11) is 0. The molecular weight excluding hydrogens is 288 g/mol. The molecule has 2 rings (SSSR count). The third-order valence-corrected chi connectivity index (χ3v) is 5.12. The molecule has 1 fully saturated rings. The Balaban J connectivity index is 1.90. The Hall–Kier alpha value is -1.68. The molecule has 0 aliphatic heterocycles. The first-order valence-electron chi connectivity index (χ1n) is 8.56. The van der Waals surface area contributed by atoms with Gasteiger partial charge in [-0.2, -0.15) is 0 Å². The van der Waals surface area contributed by atoms with E-state index in [2.05, 4.69) is 24.5 Å². The van der Waals surface area contributed by atoms with Crippen molar-refractivity contribution in [2.75, 3.05) is 5.32 Å². The SMILES string of the molecule is CC(=O)c1ccc(NC(=O)[C@H](C)N[C@@H]2CCC[C@H](C)[C@H]2C)cc1. The van der Waals surface area contributed by atoms with Gasteiger partial charge < -0.3 is 10.6 Å². The fraction of sp³-hybridized carbons (Fsp3) is 0.579. The number of Topliss-reactive ketones (excluding diaryl/α,β-unsaturated/α-hetero) is 1. The van der Waals surface area contributed by atoms with Crippen LogP contribution in [0.5, 0.6) is 0 Å². The maximum atomic E-state index is 12.4. The van der Waals surface area contributed by atoms with E-state index in [-0.39, 0.29) is 17.7 Å². The second kappa shape index (κ2) is 7.73. The van der Waals surface area contributed by atoms with Crippen LogP contribution in [0.15, 0.2) is 24.3 Å². The Kier molecular flexibility index (Phi) is 5.94. The molecule has 2 N–H and O–H groups in total. The number of nitrogens with one attached hydrogen (secondary N) is 2. The number of benzene rings is 1. The standard InChI is InChI=1S/C19H28N2O2/c1-12-6-5-7-18(13(12)2)20-14(3)19(23)21-17-10-8-16(9-11-17)15(4)22/h8-14,18,20H,5-7H2,1-4H3,(H,21,23)/t12-,13+,14-,18+/m0/s1. The van der Waals surface area contributed by atoms with Gasteiger partial charge in [-0.25, -0.2) is 0 Å². The Labute approximate surface area is 139 Å². The van der Waals surface area contributed by atoms with E-state index >= 15 is 0 Å². The Morgan fingerprint density at radius 3 is 2.39 bits per heavy atom. The smallest absolute Gasteiger partial charge is 0.241 e. The molecule has 1 aromatic carbocycles. The summed E-state index contributed by atoms with van der Waals surface area (Å²) < 4.78 is 0. The molecule has 0 aromatic heterocycles. The van der Waals surface area contributed by atoms with Crippen LogP contribution in [0.4, 0.5) is 5.69 Å². The fourth-order valence-electron chi connectivity index (χ4n) is 3.25. The molecule has 126 valence electrons. The minimum atomic E-state index is -0.236. The molecule has 1 aliphatic rings. The number of hydrogen-bond acceptors (Lipinski definition) is 3. The van der Waals surface area contributed by atoms with Crippen molar-refractivity contribution in [3.8, 4) is 0 Å². The molecular formula is C19H28N2O2. The predicted octanol–water partition coefficient (Wildman–Crippen LogP) is 3.63. The monoisotopic (exact) mass is 316 g/mol. The lowest BCUT2D eigenvalue weighted by atomic mass is 9.78. The van der Waals surface area contributed by atoms with Crippen LogP contribution >= 0.6 is 0 Å². The van der Waals surface area contributed by atoms with Crippen molar-refractivity contribution < 1.29 is 9.59 Å². The number of hydrogen-bond donors (Lipinski definition) is 2. The van der Waals surface area contributed by atoms with Crippen molar-refractivity contribution >= 4 is 17.4 Å². The average molecular weight is 316 g/mol. The number of carbonyl (C=O) groups excluding carboxylic acids is 2. The van der Waals surface area contributed by atoms with E-state index in [9.17, 15) is 9.59 Å². The van der Waals surface area contributed by atoms with Gasteiger partial charge in [0.1, 0.15) is 0 Å². The van der Waals surface area contributed by atoms with Gasteiger partial charge >= 0.3 is 0 Å². The van der Waals surface area contributed by atoms with E-state index < -0.39 is 0 Å². The van der Waals surface area contributed by atoms with Crippen molar-refractivity contribution in [3.63, 3.8) is 0 Å². The van der Waals surface area contributed by atoms with Crippen LogP contribution < -0.4 is 10.6 Å². The number of carbonyl (C=O) groups is 2. The van der Waals surface area contributed by atoms with Crippen molar-refractivity contribution in [1.82, 2.24) is 5.32 Å². The number of rotatable bonds is 5. The molecule has 1 aromatic rings. The van der Waals surface area contributed by atoms with Crippen LogP contribution in [0.2, 0.25) is 0 Å². The molecule has 23 heavy (non-hydrogen) atoms. The zero-order valence-corrected chi connectivity index (χ0v) is 14.6. The first-order chi connectivity index (χ1) is 10.9. The molecule has 4 heteroatoms. The maximum absolute atomic E-state index is 12.4. The molecule has 0 heterocycles. The molecule has 1 aliphatic carbocycles. The minimum absolute atomic E-state index is 0.0262. The first-order valence-corrected chi connectivity index (χ1v) is 8.56. The summed E-state index contributed by atoms with van der Waals surface area (Å²) in [4.78, 5) is 23.6. The quantitative estimate of drug-likeness (QED) is 0.816. The second-order valence-electron chi connectivity index (χ2n) is 6.88. The van der Waals surface area contributed by atoms with Gasteiger partial charge in [0.05, 0.1) is 6.04 Å². The minimum Gasteiger partial charge on any atom is -0.325 e. The van der Waals surface area contributed by atoms with Crippen LogP contribution in [0, 0.1) is 11.8 Å². The highest BCUT2D eigenvalue weighted by Gasteiger charge is 2.29. The molecule has 0 bridgehead atoms. The Bertz CT molecular complexity index is 553. The zero-order valence-electron chi connectivity index (χ0n) is 14.6. The second-order valence-corrected chi connectivity index (χ2v) is 6.88. The molecule has 0 spiro atoms. The van der Waals surface area contributed by atoms with Gasteiger partial charge in [-0.15, -0.1) is 0 Å². The number of anilines is 1. The highest BCUT2D eigenvalue weighted by atomic mass is 16.2. The Morgan fingerprint density at radius 2 is 1.78 bits per heavy atom. The van der Waals surface area contributed by atoms with Gasteiger partial charge in [-0.05, 0) is 56.4 Å². The fourth-order valence-corrected chi connectivity index (χ4v) is 3.25. The van der Waals surface area contributed by atoms with Crippen molar-refractivity contribution in [1.29, 1.82) is 0 Å². The summed E-state index contributed by atoms with van der Waals surface area (Å²) in [6.45, 7) is 8.00. The van der Waals surface area contributed by atoms with Gasteiger partial charge in [-0.3, -0.25) is 9.59 Å². The lowest BCUT2D eigenvalue weighted by Crippen LogP contribution is -2.49. The van der Waals surface area contributed by atoms with Crippen LogP contribution in [-0.2, 0) is 4.79 Å². The average Bonchev–Trinajstić information content (AvgIpc) is 2.52. The molecule has 1 amide bonds.